The first-order valence-electron chi connectivity index (χ1n) is 7.29. The molecular weight excluding hydrogens is 270 g/mol. The largest absolute Gasteiger partial charge is 0.451 e. The molecule has 0 atom stereocenters. The van der Waals surface area contributed by atoms with E-state index in [0.717, 1.165) is 37.3 Å². The van der Waals surface area contributed by atoms with E-state index in [1.54, 1.807) is 6.92 Å². The summed E-state index contributed by atoms with van der Waals surface area (Å²) in [6, 6.07) is 0.201. The van der Waals surface area contributed by atoms with E-state index in [-0.39, 0.29) is 24.2 Å². The smallest absolute Gasteiger partial charge is 0.359 e. The van der Waals surface area contributed by atoms with Gasteiger partial charge in [-0.1, -0.05) is 6.92 Å². The lowest BCUT2D eigenvalue weighted by Crippen LogP contribution is -2.39. The van der Waals surface area contributed by atoms with Crippen molar-refractivity contribution in [1.82, 2.24) is 15.3 Å². The van der Waals surface area contributed by atoms with Crippen LogP contribution in [0.3, 0.4) is 0 Å². The molecule has 6 heteroatoms. The van der Waals surface area contributed by atoms with Crippen LogP contribution in [0.25, 0.3) is 0 Å². The molecule has 1 saturated carbocycles. The first-order chi connectivity index (χ1) is 10.0. The molecule has 1 aromatic heterocycles. The summed E-state index contributed by atoms with van der Waals surface area (Å²) >= 11 is 0. The van der Waals surface area contributed by atoms with Gasteiger partial charge >= 0.3 is 5.97 Å². The summed E-state index contributed by atoms with van der Waals surface area (Å²) in [6.45, 7) is 3.73. The number of aromatic nitrogens is 2. The molecule has 1 fully saturated rings. The summed E-state index contributed by atoms with van der Waals surface area (Å²) in [4.78, 5) is 31.3. The van der Waals surface area contributed by atoms with Gasteiger partial charge in [-0.3, -0.25) is 9.78 Å². The van der Waals surface area contributed by atoms with Gasteiger partial charge in [0.2, 0.25) is 0 Å². The monoisotopic (exact) mass is 291 g/mol. The van der Waals surface area contributed by atoms with Crippen molar-refractivity contribution < 1.29 is 14.3 Å². The Kier molecular flexibility index (Phi) is 5.25. The molecule has 1 aliphatic carbocycles. The molecule has 2 rings (SSSR count). The lowest BCUT2D eigenvalue weighted by atomic mass is 9.87. The number of carbonyl (C=O) groups is 2. The maximum Gasteiger partial charge on any atom is 0.359 e. The molecule has 1 amide bonds. The quantitative estimate of drug-likeness (QED) is 0.853. The first-order valence-corrected chi connectivity index (χ1v) is 7.29. The zero-order chi connectivity index (χ0) is 15.2. The maximum atomic E-state index is 11.8. The normalized spacial score (nSPS) is 21.6. The van der Waals surface area contributed by atoms with Gasteiger partial charge in [-0.05, 0) is 38.5 Å². The Labute approximate surface area is 124 Å². The number of hydrogen-bond acceptors (Lipinski definition) is 5. The predicted octanol–water partition coefficient (Wildman–Crippen LogP) is 1.64. The fraction of sp³-hybridized carbons (Fsp3) is 0.600. The summed E-state index contributed by atoms with van der Waals surface area (Å²) in [5, 5.41) is 2.90. The van der Waals surface area contributed by atoms with Gasteiger partial charge in [-0.15, -0.1) is 0 Å². The van der Waals surface area contributed by atoms with Crippen LogP contribution in [-0.4, -0.2) is 34.5 Å². The Morgan fingerprint density at radius 3 is 2.57 bits per heavy atom. The van der Waals surface area contributed by atoms with Crippen LogP contribution < -0.4 is 5.32 Å². The summed E-state index contributed by atoms with van der Waals surface area (Å²) in [7, 11) is 0. The van der Waals surface area contributed by atoms with E-state index in [1.807, 2.05) is 0 Å². The number of nitrogens with one attached hydrogen (secondary N) is 1. The Bertz CT molecular complexity index is 493. The molecule has 0 aromatic carbocycles. The topological polar surface area (TPSA) is 81.2 Å². The van der Waals surface area contributed by atoms with E-state index in [4.69, 9.17) is 4.74 Å². The molecule has 21 heavy (non-hydrogen) atoms. The predicted molar refractivity (Wildman–Crippen MR) is 76.6 cm³/mol. The van der Waals surface area contributed by atoms with Crippen LogP contribution in [-0.2, 0) is 9.53 Å². The minimum absolute atomic E-state index is 0.111. The van der Waals surface area contributed by atoms with Gasteiger partial charge in [0.15, 0.2) is 12.3 Å². The van der Waals surface area contributed by atoms with Gasteiger partial charge < -0.3 is 10.1 Å². The number of aryl methyl sites for hydroxylation is 1. The molecule has 6 nitrogen and oxygen atoms in total. The Morgan fingerprint density at radius 1 is 1.24 bits per heavy atom. The molecule has 1 heterocycles. The van der Waals surface area contributed by atoms with Gasteiger partial charge in [-0.2, -0.15) is 0 Å². The van der Waals surface area contributed by atoms with Crippen molar-refractivity contribution in [1.29, 1.82) is 0 Å². The van der Waals surface area contributed by atoms with E-state index in [0.29, 0.717) is 0 Å². The van der Waals surface area contributed by atoms with Crippen molar-refractivity contribution in [3.63, 3.8) is 0 Å². The van der Waals surface area contributed by atoms with Gasteiger partial charge in [0.1, 0.15) is 0 Å². The maximum absolute atomic E-state index is 11.8. The van der Waals surface area contributed by atoms with Gasteiger partial charge in [0.25, 0.3) is 5.91 Å². The molecule has 1 aliphatic rings. The average molecular weight is 291 g/mol. The van der Waals surface area contributed by atoms with E-state index < -0.39 is 5.97 Å². The standard InChI is InChI=1S/C15H21N3O3/c1-10-3-5-12(6-4-10)18-14(19)9-21-15(20)13-8-16-11(2)7-17-13/h7-8,10,12H,3-6,9H2,1-2H3,(H,18,19). The third kappa shape index (κ3) is 4.81. The second-order valence-corrected chi connectivity index (χ2v) is 5.64. The second kappa shape index (κ2) is 7.15. The molecule has 1 N–H and O–H groups in total. The molecule has 0 unspecified atom stereocenters. The van der Waals surface area contributed by atoms with Crippen molar-refractivity contribution in [3.05, 3.63) is 23.8 Å². The van der Waals surface area contributed by atoms with E-state index in [9.17, 15) is 9.59 Å². The summed E-state index contributed by atoms with van der Waals surface area (Å²) in [5.74, 6) is -0.158. The van der Waals surface area contributed by atoms with E-state index in [2.05, 4.69) is 22.2 Å². The van der Waals surface area contributed by atoms with Crippen molar-refractivity contribution >= 4 is 11.9 Å². The van der Waals surface area contributed by atoms with Crippen LogP contribution in [0.1, 0.15) is 48.8 Å². The fourth-order valence-corrected chi connectivity index (χ4v) is 2.38. The van der Waals surface area contributed by atoms with Crippen molar-refractivity contribution in [2.75, 3.05) is 6.61 Å². The molecule has 0 saturated heterocycles. The number of nitrogens with zero attached hydrogens (tertiary/aromatic N) is 2. The van der Waals surface area contributed by atoms with Crippen LogP contribution >= 0.6 is 0 Å². The number of esters is 1. The van der Waals surface area contributed by atoms with E-state index in [1.165, 1.54) is 12.4 Å². The number of ether oxygens (including phenoxy) is 1. The van der Waals surface area contributed by atoms with E-state index >= 15 is 0 Å². The van der Waals surface area contributed by atoms with Crippen LogP contribution in [0.15, 0.2) is 12.4 Å². The third-order valence-corrected chi connectivity index (χ3v) is 3.71. The van der Waals surface area contributed by atoms with Crippen LogP contribution in [0, 0.1) is 12.8 Å². The highest BCUT2D eigenvalue weighted by atomic mass is 16.5. The minimum atomic E-state index is -0.630. The van der Waals surface area contributed by atoms with Gasteiger partial charge in [-0.25, -0.2) is 9.78 Å². The lowest BCUT2D eigenvalue weighted by Gasteiger charge is -2.26. The second-order valence-electron chi connectivity index (χ2n) is 5.64. The minimum Gasteiger partial charge on any atom is -0.451 e. The highest BCUT2D eigenvalue weighted by Gasteiger charge is 2.20. The van der Waals surface area contributed by atoms with Crippen molar-refractivity contribution in [3.8, 4) is 0 Å². The van der Waals surface area contributed by atoms with Crippen LogP contribution in [0.2, 0.25) is 0 Å². The molecule has 0 radical (unpaired) electrons. The Balaban J connectivity index is 1.73. The van der Waals surface area contributed by atoms with Gasteiger partial charge in [0.05, 0.1) is 11.9 Å². The Hall–Kier alpha value is -1.98. The molecule has 1 aromatic rings. The van der Waals surface area contributed by atoms with Crippen LogP contribution in [0.5, 0.6) is 0 Å². The molecule has 0 aliphatic heterocycles. The Morgan fingerprint density at radius 2 is 1.95 bits per heavy atom. The number of rotatable bonds is 4. The molecule has 0 bridgehead atoms. The molecule has 114 valence electrons. The van der Waals surface area contributed by atoms with Gasteiger partial charge in [0, 0.05) is 12.2 Å². The zero-order valence-electron chi connectivity index (χ0n) is 12.5. The summed E-state index contributed by atoms with van der Waals surface area (Å²) in [5.41, 5.74) is 0.829. The number of carbonyl (C=O) groups excluding carboxylic acids is 2. The third-order valence-electron chi connectivity index (χ3n) is 3.71. The molecular formula is C15H21N3O3. The number of amides is 1. The van der Waals surface area contributed by atoms with Crippen LogP contribution in [0.4, 0.5) is 0 Å². The highest BCUT2D eigenvalue weighted by Crippen LogP contribution is 2.23. The number of hydrogen-bond donors (Lipinski definition) is 1. The van der Waals surface area contributed by atoms with Crippen molar-refractivity contribution in [2.24, 2.45) is 5.92 Å². The fourth-order valence-electron chi connectivity index (χ4n) is 2.38. The van der Waals surface area contributed by atoms with Crippen molar-refractivity contribution in [2.45, 2.75) is 45.6 Å². The zero-order valence-corrected chi connectivity index (χ0v) is 12.5. The highest BCUT2D eigenvalue weighted by molar-refractivity contribution is 5.89. The summed E-state index contributed by atoms with van der Waals surface area (Å²) < 4.78 is 4.94. The SMILES string of the molecule is Cc1cnc(C(=O)OCC(=O)NC2CCC(C)CC2)cn1. The molecule has 0 spiro atoms. The average Bonchev–Trinajstić information content (AvgIpc) is 2.48. The summed E-state index contributed by atoms with van der Waals surface area (Å²) in [6.07, 6.45) is 7.07. The lowest BCUT2D eigenvalue weighted by molar-refractivity contribution is -0.125. The first kappa shape index (κ1) is 15.4.